The third kappa shape index (κ3) is 8.10. The average Bonchev–Trinajstić information content (AvgIpc) is 3.11. The van der Waals surface area contributed by atoms with Gasteiger partial charge in [0.05, 0.1) is 6.61 Å². The molecule has 5 atom stereocenters. The van der Waals surface area contributed by atoms with E-state index in [9.17, 15) is 28.8 Å². The highest BCUT2D eigenvalue weighted by atomic mass is 16.7. The molecule has 2 heterocycles. The Labute approximate surface area is 207 Å². The van der Waals surface area contributed by atoms with Crippen LogP contribution < -0.4 is 11.1 Å². The fourth-order valence-electron chi connectivity index (χ4n) is 3.67. The molecule has 3 amide bonds. The number of nitrogens with zero attached hydrogens (tertiary/aromatic N) is 1. The number of amides is 3. The third-order valence-corrected chi connectivity index (χ3v) is 5.17. The summed E-state index contributed by atoms with van der Waals surface area (Å²) in [7, 11) is 0. The number of carbonyl (C=O) groups excluding carboxylic acids is 6. The highest BCUT2D eigenvalue weighted by Crippen LogP contribution is 2.27. The molecule has 2 saturated heterocycles. The smallest absolute Gasteiger partial charge is 0.333 e. The molecule has 14 heteroatoms. The molecule has 0 saturated carbocycles. The van der Waals surface area contributed by atoms with E-state index in [0.29, 0.717) is 5.06 Å². The van der Waals surface area contributed by atoms with Crippen LogP contribution in [-0.4, -0.2) is 84.5 Å². The standard InChI is InChI=1S/C22H31N3O11/c1-4-10-32-22-19(21(34-13(3)27)20(33-12(2)26)14(11-23)35-22)24-15(28)6-5-7-18(31)36-25-16(29)8-9-17(25)30/h4,14,19-22H,1,5-11,23H2,2-3H3,(H,24,28). The molecule has 14 nitrogen and oxygen atoms in total. The number of rotatable bonds is 12. The Kier molecular flexibility index (Phi) is 11.0. The fraction of sp³-hybridized carbons (Fsp3) is 0.636. The quantitative estimate of drug-likeness (QED) is 0.184. The minimum atomic E-state index is -1.19. The maximum absolute atomic E-state index is 12.7. The molecule has 3 N–H and O–H groups in total. The molecule has 2 aliphatic heterocycles. The van der Waals surface area contributed by atoms with Gasteiger partial charge in [-0.05, 0) is 6.42 Å². The molecule has 2 fully saturated rings. The Hall–Kier alpha value is -3.36. The van der Waals surface area contributed by atoms with Crippen LogP contribution in [0.3, 0.4) is 0 Å². The Morgan fingerprint density at radius 3 is 2.25 bits per heavy atom. The van der Waals surface area contributed by atoms with E-state index in [1.165, 1.54) is 6.08 Å². The number of nitrogens with two attached hydrogens (primary N) is 1. The van der Waals surface area contributed by atoms with Gasteiger partial charge in [0.2, 0.25) is 5.91 Å². The number of hydrogen-bond acceptors (Lipinski definition) is 12. The second kappa shape index (κ2) is 13.7. The van der Waals surface area contributed by atoms with Gasteiger partial charge in [-0.15, -0.1) is 11.6 Å². The minimum Gasteiger partial charge on any atom is -0.456 e. The van der Waals surface area contributed by atoms with Gasteiger partial charge < -0.3 is 34.8 Å². The van der Waals surface area contributed by atoms with Crippen LogP contribution >= 0.6 is 0 Å². The van der Waals surface area contributed by atoms with Crippen LogP contribution in [-0.2, 0) is 52.6 Å². The summed E-state index contributed by atoms with van der Waals surface area (Å²) >= 11 is 0. The number of hydrogen-bond donors (Lipinski definition) is 2. The Balaban J connectivity index is 2.06. The third-order valence-electron chi connectivity index (χ3n) is 5.17. The summed E-state index contributed by atoms with van der Waals surface area (Å²) in [6.07, 6.45) is -3.37. The zero-order chi connectivity index (χ0) is 26.8. The van der Waals surface area contributed by atoms with Crippen LogP contribution in [0.25, 0.3) is 0 Å². The van der Waals surface area contributed by atoms with Gasteiger partial charge in [0.15, 0.2) is 18.5 Å². The van der Waals surface area contributed by atoms with Crippen LogP contribution in [0.5, 0.6) is 0 Å². The van der Waals surface area contributed by atoms with E-state index < -0.39 is 66.3 Å². The highest BCUT2D eigenvalue weighted by Gasteiger charge is 2.50. The highest BCUT2D eigenvalue weighted by molar-refractivity contribution is 6.01. The zero-order valence-electron chi connectivity index (χ0n) is 20.1. The van der Waals surface area contributed by atoms with Crippen LogP contribution in [0.1, 0.15) is 46.0 Å². The summed E-state index contributed by atoms with van der Waals surface area (Å²) in [6.45, 7) is 5.79. The molecule has 0 aromatic carbocycles. The van der Waals surface area contributed by atoms with Crippen molar-refractivity contribution in [1.82, 2.24) is 10.4 Å². The van der Waals surface area contributed by atoms with Gasteiger partial charge in [-0.25, -0.2) is 4.79 Å². The Morgan fingerprint density at radius 1 is 1.08 bits per heavy atom. The van der Waals surface area contributed by atoms with Gasteiger partial charge in [0.1, 0.15) is 12.1 Å². The molecule has 200 valence electrons. The Bertz CT molecular complexity index is 861. The van der Waals surface area contributed by atoms with E-state index in [-0.39, 0.29) is 45.3 Å². The summed E-state index contributed by atoms with van der Waals surface area (Å²) in [6, 6.07) is -1.10. The lowest BCUT2D eigenvalue weighted by Crippen LogP contribution is -2.67. The largest absolute Gasteiger partial charge is 0.456 e. The summed E-state index contributed by atoms with van der Waals surface area (Å²) in [5.74, 6) is -4.01. The predicted molar refractivity (Wildman–Crippen MR) is 118 cm³/mol. The van der Waals surface area contributed by atoms with Crippen molar-refractivity contribution in [3.05, 3.63) is 12.7 Å². The number of carbonyl (C=O) groups is 6. The van der Waals surface area contributed by atoms with Crippen LogP contribution in [0, 0.1) is 0 Å². The van der Waals surface area contributed by atoms with Crippen molar-refractivity contribution in [1.29, 1.82) is 0 Å². The van der Waals surface area contributed by atoms with Crippen molar-refractivity contribution >= 4 is 35.6 Å². The summed E-state index contributed by atoms with van der Waals surface area (Å²) < 4.78 is 22.1. The molecule has 0 spiro atoms. The topological polar surface area (TPSA) is 190 Å². The second-order valence-electron chi connectivity index (χ2n) is 8.04. The molecule has 2 aliphatic rings. The lowest BCUT2D eigenvalue weighted by Gasteiger charge is -2.45. The molecule has 0 aromatic rings. The SMILES string of the molecule is C=CCOC1OC(CN)C(OC(C)=O)C(OC(C)=O)C1NC(=O)CCCC(=O)ON1C(=O)CCC1=O. The first kappa shape index (κ1) is 28.9. The van der Waals surface area contributed by atoms with Gasteiger partial charge in [-0.2, -0.15) is 0 Å². The van der Waals surface area contributed by atoms with Gasteiger partial charge in [-0.3, -0.25) is 24.0 Å². The number of hydroxylamine groups is 2. The van der Waals surface area contributed by atoms with Crippen LogP contribution in [0.4, 0.5) is 0 Å². The molecule has 36 heavy (non-hydrogen) atoms. The van der Waals surface area contributed by atoms with Crippen molar-refractivity contribution in [2.75, 3.05) is 13.2 Å². The fourth-order valence-corrected chi connectivity index (χ4v) is 3.67. The number of nitrogens with one attached hydrogen (secondary N) is 1. The van der Waals surface area contributed by atoms with E-state index in [4.69, 9.17) is 29.5 Å². The van der Waals surface area contributed by atoms with E-state index in [1.54, 1.807) is 0 Å². The molecule has 0 bridgehead atoms. The molecule has 0 aromatic heterocycles. The molecule has 5 unspecified atom stereocenters. The van der Waals surface area contributed by atoms with E-state index >= 15 is 0 Å². The summed E-state index contributed by atoms with van der Waals surface area (Å²) in [5, 5.41) is 3.07. The maximum atomic E-state index is 12.7. The lowest BCUT2D eigenvalue weighted by atomic mass is 9.95. The first-order valence-electron chi connectivity index (χ1n) is 11.4. The zero-order valence-corrected chi connectivity index (χ0v) is 20.1. The number of esters is 2. The molecule has 0 aliphatic carbocycles. The molecule has 0 radical (unpaired) electrons. The number of ether oxygens (including phenoxy) is 4. The van der Waals surface area contributed by atoms with Gasteiger partial charge >= 0.3 is 17.9 Å². The van der Waals surface area contributed by atoms with Crippen molar-refractivity contribution in [3.63, 3.8) is 0 Å². The van der Waals surface area contributed by atoms with Crippen LogP contribution in [0.2, 0.25) is 0 Å². The minimum absolute atomic E-state index is 0.0175. The van der Waals surface area contributed by atoms with E-state index in [1.807, 2.05) is 0 Å². The van der Waals surface area contributed by atoms with Crippen molar-refractivity contribution in [3.8, 4) is 0 Å². The summed E-state index contributed by atoms with van der Waals surface area (Å²) in [4.78, 5) is 76.0. The first-order chi connectivity index (χ1) is 17.1. The molecular formula is C22H31N3O11. The monoisotopic (exact) mass is 513 g/mol. The van der Waals surface area contributed by atoms with Crippen molar-refractivity contribution in [2.24, 2.45) is 5.73 Å². The maximum Gasteiger partial charge on any atom is 0.333 e. The van der Waals surface area contributed by atoms with Gasteiger partial charge in [-0.1, -0.05) is 6.08 Å². The van der Waals surface area contributed by atoms with E-state index in [2.05, 4.69) is 11.9 Å². The lowest BCUT2D eigenvalue weighted by molar-refractivity contribution is -0.267. The number of imide groups is 1. The van der Waals surface area contributed by atoms with Gasteiger partial charge in [0.25, 0.3) is 11.8 Å². The normalized spacial score (nSPS) is 25.8. The molecule has 2 rings (SSSR count). The predicted octanol–water partition coefficient (Wildman–Crippen LogP) is -1.00. The van der Waals surface area contributed by atoms with E-state index in [0.717, 1.165) is 13.8 Å². The average molecular weight is 514 g/mol. The Morgan fingerprint density at radius 2 is 1.69 bits per heavy atom. The summed E-state index contributed by atoms with van der Waals surface area (Å²) in [5.41, 5.74) is 5.76. The van der Waals surface area contributed by atoms with Crippen molar-refractivity contribution in [2.45, 2.75) is 76.6 Å². The van der Waals surface area contributed by atoms with Crippen LogP contribution in [0.15, 0.2) is 12.7 Å². The van der Waals surface area contributed by atoms with Gasteiger partial charge in [0, 0.05) is 46.1 Å². The first-order valence-corrected chi connectivity index (χ1v) is 11.4. The molecular weight excluding hydrogens is 482 g/mol. The second-order valence-corrected chi connectivity index (χ2v) is 8.04. The van der Waals surface area contributed by atoms with Crippen molar-refractivity contribution < 1.29 is 52.6 Å².